The highest BCUT2D eigenvalue weighted by molar-refractivity contribution is 7.99. The van der Waals surface area contributed by atoms with Crippen molar-refractivity contribution in [3.63, 3.8) is 0 Å². The Hall–Kier alpha value is -0.750. The fraction of sp³-hybridized carbons (Fsp3) is 0.867. The Morgan fingerprint density at radius 1 is 1.33 bits per heavy atom. The van der Waals surface area contributed by atoms with E-state index in [4.69, 9.17) is 9.84 Å². The molecule has 0 aromatic carbocycles. The molecule has 0 aliphatic carbocycles. The van der Waals surface area contributed by atoms with Crippen LogP contribution in [0.2, 0.25) is 0 Å². The molecule has 0 spiro atoms. The lowest BCUT2D eigenvalue weighted by molar-refractivity contribution is -0.146. The van der Waals surface area contributed by atoms with Crippen LogP contribution in [0, 0.1) is 11.8 Å². The summed E-state index contributed by atoms with van der Waals surface area (Å²) < 4.78 is 5.65. The van der Waals surface area contributed by atoms with Crippen molar-refractivity contribution in [2.45, 2.75) is 38.7 Å². The van der Waals surface area contributed by atoms with Gasteiger partial charge in [-0.2, -0.15) is 0 Å². The van der Waals surface area contributed by atoms with Gasteiger partial charge >= 0.3 is 5.97 Å². The van der Waals surface area contributed by atoms with Gasteiger partial charge in [0.2, 0.25) is 5.91 Å². The zero-order valence-corrected chi connectivity index (χ0v) is 13.4. The average molecular weight is 315 g/mol. The molecule has 5 nitrogen and oxygen atoms in total. The third-order valence-corrected chi connectivity index (χ3v) is 5.22. The van der Waals surface area contributed by atoms with Crippen LogP contribution in [-0.2, 0) is 14.3 Å². The number of nitrogens with zero attached hydrogens (tertiary/aromatic N) is 1. The number of piperidine rings is 1. The van der Waals surface area contributed by atoms with E-state index in [1.165, 1.54) is 6.42 Å². The Morgan fingerprint density at radius 2 is 2.14 bits per heavy atom. The van der Waals surface area contributed by atoms with Gasteiger partial charge in [-0.3, -0.25) is 9.59 Å². The lowest BCUT2D eigenvalue weighted by Crippen LogP contribution is -2.46. The minimum atomic E-state index is -0.789. The summed E-state index contributed by atoms with van der Waals surface area (Å²) in [5, 5.41) is 9.14. The molecular weight excluding hydrogens is 290 g/mol. The summed E-state index contributed by atoms with van der Waals surface area (Å²) in [6.45, 7) is 3.89. The summed E-state index contributed by atoms with van der Waals surface area (Å²) >= 11 is 1.61. The Kier molecular flexibility index (Phi) is 6.36. The van der Waals surface area contributed by atoms with E-state index in [1.54, 1.807) is 16.7 Å². The Morgan fingerprint density at radius 3 is 2.81 bits per heavy atom. The van der Waals surface area contributed by atoms with Gasteiger partial charge in [-0.15, -0.1) is 11.8 Å². The first-order valence-corrected chi connectivity index (χ1v) is 8.91. The van der Waals surface area contributed by atoms with Crippen LogP contribution in [0.1, 0.15) is 32.6 Å². The molecule has 2 saturated heterocycles. The van der Waals surface area contributed by atoms with Gasteiger partial charge in [-0.1, -0.05) is 6.92 Å². The van der Waals surface area contributed by atoms with E-state index in [0.29, 0.717) is 25.3 Å². The van der Waals surface area contributed by atoms with Gasteiger partial charge in [0.25, 0.3) is 0 Å². The molecule has 2 rings (SSSR count). The third-order valence-electron chi connectivity index (χ3n) is 4.16. The maximum atomic E-state index is 12.2. The number of likely N-dealkylation sites (tertiary alicyclic amines) is 1. The number of thioether (sulfide) groups is 1. The highest BCUT2D eigenvalue weighted by Gasteiger charge is 2.31. The second kappa shape index (κ2) is 8.03. The first-order chi connectivity index (χ1) is 10.1. The van der Waals surface area contributed by atoms with Crippen molar-refractivity contribution in [3.05, 3.63) is 0 Å². The number of carbonyl (C=O) groups is 2. The molecule has 0 bridgehead atoms. The topological polar surface area (TPSA) is 66.8 Å². The van der Waals surface area contributed by atoms with Crippen molar-refractivity contribution in [3.8, 4) is 0 Å². The minimum absolute atomic E-state index is 0.0635. The average Bonchev–Trinajstić information content (AvgIpc) is 2.47. The van der Waals surface area contributed by atoms with Crippen molar-refractivity contribution >= 4 is 23.6 Å². The van der Waals surface area contributed by atoms with Gasteiger partial charge in [0.1, 0.15) is 0 Å². The molecule has 1 amide bonds. The van der Waals surface area contributed by atoms with E-state index in [0.717, 1.165) is 25.2 Å². The number of rotatable bonds is 5. The van der Waals surface area contributed by atoms with E-state index in [9.17, 15) is 9.59 Å². The van der Waals surface area contributed by atoms with Crippen molar-refractivity contribution in [1.29, 1.82) is 0 Å². The van der Waals surface area contributed by atoms with Gasteiger partial charge in [0, 0.05) is 25.4 Å². The van der Waals surface area contributed by atoms with Gasteiger partial charge in [0.15, 0.2) is 0 Å². The fourth-order valence-corrected chi connectivity index (χ4v) is 4.04. The third kappa shape index (κ3) is 5.18. The summed E-state index contributed by atoms with van der Waals surface area (Å²) in [5.41, 5.74) is 0. The molecule has 2 heterocycles. The predicted octanol–water partition coefficient (Wildman–Crippen LogP) is 1.86. The molecule has 0 saturated carbocycles. The highest BCUT2D eigenvalue weighted by Crippen LogP contribution is 2.23. The number of hydrogen-bond donors (Lipinski definition) is 1. The van der Waals surface area contributed by atoms with Crippen molar-refractivity contribution in [2.75, 3.05) is 31.2 Å². The van der Waals surface area contributed by atoms with Crippen LogP contribution in [0.4, 0.5) is 0 Å². The molecule has 0 radical (unpaired) electrons. The molecule has 3 unspecified atom stereocenters. The molecule has 2 aliphatic rings. The number of carboxylic acid groups (broad SMARTS) is 1. The first-order valence-electron chi connectivity index (χ1n) is 7.76. The lowest BCUT2D eigenvalue weighted by atomic mass is 9.90. The molecule has 2 fully saturated rings. The van der Waals surface area contributed by atoms with Crippen molar-refractivity contribution < 1.29 is 19.4 Å². The van der Waals surface area contributed by atoms with Gasteiger partial charge in [0.05, 0.1) is 17.8 Å². The Bertz CT molecular complexity index is 371. The summed E-state index contributed by atoms with van der Waals surface area (Å²) in [4.78, 5) is 25.1. The molecule has 1 N–H and O–H groups in total. The van der Waals surface area contributed by atoms with E-state index in [1.807, 2.05) is 6.92 Å². The smallest absolute Gasteiger partial charge is 0.308 e. The summed E-state index contributed by atoms with van der Waals surface area (Å²) in [6, 6.07) is 0. The van der Waals surface area contributed by atoms with Crippen LogP contribution in [0.3, 0.4) is 0 Å². The molecule has 0 aromatic heterocycles. The van der Waals surface area contributed by atoms with Crippen molar-refractivity contribution in [1.82, 2.24) is 4.90 Å². The largest absolute Gasteiger partial charge is 0.481 e. The number of carboxylic acids is 1. The SMILES string of the molecule is CC1CC(C(=O)O)CN(C(=O)CSCC2CCCCO2)C1. The number of amides is 1. The molecule has 0 aromatic rings. The summed E-state index contributed by atoms with van der Waals surface area (Å²) in [6.07, 6.45) is 4.39. The second-order valence-corrected chi connectivity index (χ2v) is 7.21. The first kappa shape index (κ1) is 16.6. The maximum absolute atomic E-state index is 12.2. The second-order valence-electron chi connectivity index (χ2n) is 6.18. The lowest BCUT2D eigenvalue weighted by Gasteiger charge is -2.34. The molecule has 120 valence electrons. The number of hydrogen-bond acceptors (Lipinski definition) is 4. The van der Waals surface area contributed by atoms with E-state index in [-0.39, 0.29) is 17.9 Å². The molecule has 21 heavy (non-hydrogen) atoms. The summed E-state index contributed by atoms with van der Waals surface area (Å²) in [5.74, 6) is 0.409. The van der Waals surface area contributed by atoms with Crippen LogP contribution < -0.4 is 0 Å². The van der Waals surface area contributed by atoms with Crippen LogP contribution >= 0.6 is 11.8 Å². The molecular formula is C15H25NO4S. The van der Waals surface area contributed by atoms with E-state index < -0.39 is 11.9 Å². The highest BCUT2D eigenvalue weighted by atomic mass is 32.2. The van der Waals surface area contributed by atoms with Crippen LogP contribution in [-0.4, -0.2) is 59.2 Å². The van der Waals surface area contributed by atoms with Gasteiger partial charge in [-0.05, 0) is 31.6 Å². The molecule has 2 aliphatic heterocycles. The Labute approximate surface area is 130 Å². The van der Waals surface area contributed by atoms with E-state index in [2.05, 4.69) is 0 Å². The normalized spacial score (nSPS) is 30.1. The number of carbonyl (C=O) groups excluding carboxylic acids is 1. The summed E-state index contributed by atoms with van der Waals surface area (Å²) in [7, 11) is 0. The predicted molar refractivity (Wildman–Crippen MR) is 82.4 cm³/mol. The van der Waals surface area contributed by atoms with Crippen LogP contribution in [0.15, 0.2) is 0 Å². The van der Waals surface area contributed by atoms with Crippen LogP contribution in [0.5, 0.6) is 0 Å². The monoisotopic (exact) mass is 315 g/mol. The van der Waals surface area contributed by atoms with Gasteiger partial charge in [-0.25, -0.2) is 0 Å². The van der Waals surface area contributed by atoms with Gasteiger partial charge < -0.3 is 14.7 Å². The molecule has 6 heteroatoms. The Balaban J connectivity index is 1.72. The quantitative estimate of drug-likeness (QED) is 0.839. The minimum Gasteiger partial charge on any atom is -0.481 e. The number of ether oxygens (including phenoxy) is 1. The standard InChI is InChI=1S/C15H25NO4S/c1-11-6-12(15(18)19)8-16(7-11)14(17)10-21-9-13-4-2-3-5-20-13/h11-13H,2-10H2,1H3,(H,18,19). The van der Waals surface area contributed by atoms with Crippen LogP contribution in [0.25, 0.3) is 0 Å². The maximum Gasteiger partial charge on any atom is 0.308 e. The molecule has 3 atom stereocenters. The zero-order chi connectivity index (χ0) is 15.2. The fourth-order valence-electron chi connectivity index (χ4n) is 3.04. The van der Waals surface area contributed by atoms with Crippen molar-refractivity contribution in [2.24, 2.45) is 11.8 Å². The zero-order valence-electron chi connectivity index (χ0n) is 12.6. The number of aliphatic carboxylic acids is 1. The van der Waals surface area contributed by atoms with E-state index >= 15 is 0 Å².